The lowest BCUT2D eigenvalue weighted by Gasteiger charge is -2.07. The Bertz CT molecular complexity index is 777. The van der Waals surface area contributed by atoms with Crippen LogP contribution in [0.2, 0.25) is 0 Å². The molecule has 3 rings (SSSR count). The summed E-state index contributed by atoms with van der Waals surface area (Å²) in [6.45, 7) is 0.471. The van der Waals surface area contributed by atoms with Crippen LogP contribution in [0.1, 0.15) is 18.5 Å². The first kappa shape index (κ1) is 17.0. The molecule has 2 aromatic heterocycles. The Morgan fingerprint density at radius 2 is 2.24 bits per heavy atom. The van der Waals surface area contributed by atoms with E-state index in [0.717, 1.165) is 16.3 Å². The van der Waals surface area contributed by atoms with Gasteiger partial charge in [-0.2, -0.15) is 0 Å². The number of carbonyl (C=O) groups excluding carboxylic acids is 3. The monoisotopic (exact) mass is 359 g/mol. The molecule has 1 fully saturated rings. The summed E-state index contributed by atoms with van der Waals surface area (Å²) < 4.78 is 0. The standard InChI is InChI=1S/C16H17N5O3S/c22-13(4-3-12-14(23)21-16(24)20-12)18-7-5-11-9-25-15(19-11)10-2-1-6-17-8-10/h1-2,6,8-9,12H,3-5,7H2,(H,18,22)(H2,20,21,23,24). The molecule has 1 unspecified atom stereocenters. The SMILES string of the molecule is O=C(CCC1NC(=O)NC1=O)NCCc1csc(-c2cccnc2)n1. The van der Waals surface area contributed by atoms with Crippen LogP contribution in [0.25, 0.3) is 10.6 Å². The van der Waals surface area contributed by atoms with Crippen molar-refractivity contribution in [3.63, 3.8) is 0 Å². The molecule has 9 heteroatoms. The summed E-state index contributed by atoms with van der Waals surface area (Å²) in [6.07, 6.45) is 4.57. The molecule has 1 saturated heterocycles. The van der Waals surface area contributed by atoms with Crippen LogP contribution < -0.4 is 16.0 Å². The highest BCUT2D eigenvalue weighted by Crippen LogP contribution is 2.22. The summed E-state index contributed by atoms with van der Waals surface area (Å²) >= 11 is 1.54. The van der Waals surface area contributed by atoms with E-state index in [1.807, 2.05) is 17.5 Å². The first-order chi connectivity index (χ1) is 12.1. The molecule has 0 bridgehead atoms. The number of pyridine rings is 1. The largest absolute Gasteiger partial charge is 0.356 e. The van der Waals surface area contributed by atoms with Crippen LogP contribution in [0.5, 0.6) is 0 Å². The number of rotatable bonds is 7. The highest BCUT2D eigenvalue weighted by atomic mass is 32.1. The van der Waals surface area contributed by atoms with Gasteiger partial charge in [0.25, 0.3) is 5.91 Å². The molecule has 1 aliphatic rings. The predicted octanol–water partition coefficient (Wildman–Crippen LogP) is 0.852. The van der Waals surface area contributed by atoms with Crippen molar-refractivity contribution < 1.29 is 14.4 Å². The normalized spacial score (nSPS) is 16.4. The van der Waals surface area contributed by atoms with Crippen LogP contribution in [-0.2, 0) is 16.0 Å². The molecule has 0 radical (unpaired) electrons. The lowest BCUT2D eigenvalue weighted by atomic mass is 10.1. The Kier molecular flexibility index (Phi) is 5.34. The maximum Gasteiger partial charge on any atom is 0.322 e. The molecule has 25 heavy (non-hydrogen) atoms. The third-order valence-corrected chi connectivity index (χ3v) is 4.62. The van der Waals surface area contributed by atoms with Crippen LogP contribution in [0, 0.1) is 0 Å². The van der Waals surface area contributed by atoms with E-state index in [0.29, 0.717) is 13.0 Å². The van der Waals surface area contributed by atoms with Crippen molar-refractivity contribution in [1.29, 1.82) is 0 Å². The average molecular weight is 359 g/mol. The van der Waals surface area contributed by atoms with Crippen molar-refractivity contribution >= 4 is 29.2 Å². The second kappa shape index (κ2) is 7.84. The van der Waals surface area contributed by atoms with Gasteiger partial charge in [-0.25, -0.2) is 9.78 Å². The van der Waals surface area contributed by atoms with Crippen molar-refractivity contribution in [2.75, 3.05) is 6.54 Å². The number of thiazole rings is 1. The van der Waals surface area contributed by atoms with Gasteiger partial charge in [-0.05, 0) is 18.6 Å². The molecule has 0 aliphatic carbocycles. The molecule has 4 amide bonds. The quantitative estimate of drug-likeness (QED) is 0.635. The lowest BCUT2D eigenvalue weighted by molar-refractivity contribution is -0.122. The molecule has 130 valence electrons. The number of hydrogen-bond donors (Lipinski definition) is 3. The van der Waals surface area contributed by atoms with Crippen LogP contribution in [0.15, 0.2) is 29.9 Å². The Morgan fingerprint density at radius 3 is 2.96 bits per heavy atom. The van der Waals surface area contributed by atoms with E-state index in [1.165, 1.54) is 0 Å². The number of nitrogens with one attached hydrogen (secondary N) is 3. The van der Waals surface area contributed by atoms with Gasteiger partial charge in [-0.1, -0.05) is 0 Å². The topological polar surface area (TPSA) is 113 Å². The zero-order valence-corrected chi connectivity index (χ0v) is 14.1. The molecule has 3 N–H and O–H groups in total. The van der Waals surface area contributed by atoms with E-state index in [9.17, 15) is 14.4 Å². The van der Waals surface area contributed by atoms with Gasteiger partial charge >= 0.3 is 6.03 Å². The Hall–Kier alpha value is -2.81. The van der Waals surface area contributed by atoms with Gasteiger partial charge < -0.3 is 10.6 Å². The molecule has 2 aromatic rings. The van der Waals surface area contributed by atoms with Crippen molar-refractivity contribution in [3.05, 3.63) is 35.6 Å². The third-order valence-electron chi connectivity index (χ3n) is 3.68. The Morgan fingerprint density at radius 1 is 1.36 bits per heavy atom. The van der Waals surface area contributed by atoms with E-state index in [-0.39, 0.29) is 24.7 Å². The summed E-state index contributed by atoms with van der Waals surface area (Å²) in [5, 5.41) is 10.3. The van der Waals surface area contributed by atoms with Gasteiger partial charge in [0, 0.05) is 42.7 Å². The number of aromatic nitrogens is 2. The van der Waals surface area contributed by atoms with Gasteiger partial charge in [0.2, 0.25) is 5.91 Å². The van der Waals surface area contributed by atoms with Gasteiger partial charge in [0.15, 0.2) is 0 Å². The molecule has 0 saturated carbocycles. The average Bonchev–Trinajstić information content (AvgIpc) is 3.20. The lowest BCUT2D eigenvalue weighted by Crippen LogP contribution is -2.32. The van der Waals surface area contributed by atoms with Gasteiger partial charge in [-0.15, -0.1) is 11.3 Å². The van der Waals surface area contributed by atoms with Crippen LogP contribution in [0.3, 0.4) is 0 Å². The van der Waals surface area contributed by atoms with Gasteiger partial charge in [0.1, 0.15) is 11.0 Å². The smallest absolute Gasteiger partial charge is 0.322 e. The number of hydrogen-bond acceptors (Lipinski definition) is 6. The van der Waals surface area contributed by atoms with E-state index in [2.05, 4.69) is 25.9 Å². The van der Waals surface area contributed by atoms with E-state index in [4.69, 9.17) is 0 Å². The summed E-state index contributed by atoms with van der Waals surface area (Å²) in [4.78, 5) is 42.8. The highest BCUT2D eigenvalue weighted by molar-refractivity contribution is 7.13. The summed E-state index contributed by atoms with van der Waals surface area (Å²) in [5.41, 5.74) is 1.88. The van der Waals surface area contributed by atoms with Crippen LogP contribution in [0.4, 0.5) is 4.79 Å². The summed E-state index contributed by atoms with van der Waals surface area (Å²) in [7, 11) is 0. The zero-order valence-electron chi connectivity index (χ0n) is 13.3. The number of urea groups is 1. The first-order valence-corrected chi connectivity index (χ1v) is 8.72. The summed E-state index contributed by atoms with van der Waals surface area (Å²) in [6, 6.07) is 2.68. The molecular formula is C16H17N5O3S. The molecule has 0 spiro atoms. The number of carbonyl (C=O) groups is 3. The minimum atomic E-state index is -0.626. The number of nitrogens with zero attached hydrogens (tertiary/aromatic N) is 2. The summed E-state index contributed by atoms with van der Waals surface area (Å²) in [5.74, 6) is -0.542. The number of imide groups is 1. The first-order valence-electron chi connectivity index (χ1n) is 7.84. The highest BCUT2D eigenvalue weighted by Gasteiger charge is 2.29. The Labute approximate surface area is 148 Å². The van der Waals surface area contributed by atoms with Crippen LogP contribution in [-0.4, -0.2) is 40.4 Å². The van der Waals surface area contributed by atoms with Gasteiger partial charge in [0.05, 0.1) is 5.69 Å². The van der Waals surface area contributed by atoms with E-state index in [1.54, 1.807) is 23.7 Å². The minimum Gasteiger partial charge on any atom is -0.356 e. The molecule has 0 aromatic carbocycles. The van der Waals surface area contributed by atoms with Crippen LogP contribution >= 0.6 is 11.3 Å². The predicted molar refractivity (Wildman–Crippen MR) is 91.8 cm³/mol. The maximum absolute atomic E-state index is 11.8. The van der Waals surface area contributed by atoms with E-state index < -0.39 is 12.1 Å². The van der Waals surface area contributed by atoms with E-state index >= 15 is 0 Å². The molecule has 1 aliphatic heterocycles. The fourth-order valence-corrected chi connectivity index (χ4v) is 3.24. The van der Waals surface area contributed by atoms with Crippen molar-refractivity contribution in [2.24, 2.45) is 0 Å². The number of amides is 4. The van der Waals surface area contributed by atoms with Crippen molar-refractivity contribution in [2.45, 2.75) is 25.3 Å². The molecular weight excluding hydrogens is 342 g/mol. The molecule has 1 atom stereocenters. The molecule has 3 heterocycles. The Balaban J connectivity index is 1.39. The fraction of sp³-hybridized carbons (Fsp3) is 0.312. The minimum absolute atomic E-state index is 0.156. The third kappa shape index (κ3) is 4.60. The second-order valence-corrected chi connectivity index (χ2v) is 6.40. The van der Waals surface area contributed by atoms with Crippen molar-refractivity contribution in [1.82, 2.24) is 25.9 Å². The second-order valence-electron chi connectivity index (χ2n) is 5.54. The van der Waals surface area contributed by atoms with Crippen molar-refractivity contribution in [3.8, 4) is 10.6 Å². The van der Waals surface area contributed by atoms with Gasteiger partial charge in [-0.3, -0.25) is 19.9 Å². The maximum atomic E-state index is 11.8. The fourth-order valence-electron chi connectivity index (χ4n) is 2.40. The zero-order chi connectivity index (χ0) is 17.6. The molecule has 8 nitrogen and oxygen atoms in total.